The van der Waals surface area contributed by atoms with Crippen LogP contribution in [0.2, 0.25) is 0 Å². The molecular weight excluding hydrogens is 320 g/mol. The first kappa shape index (κ1) is 13.7. The van der Waals surface area contributed by atoms with Gasteiger partial charge in [0.15, 0.2) is 9.84 Å². The van der Waals surface area contributed by atoms with Gasteiger partial charge in [-0.3, -0.25) is 0 Å². The Balaban J connectivity index is 2.14. The van der Waals surface area contributed by atoms with Crippen LogP contribution in [-0.2, 0) is 15.2 Å². The van der Waals surface area contributed by atoms with Gasteiger partial charge in [0.2, 0.25) is 0 Å². The molecule has 4 nitrogen and oxygen atoms in total. The molecular formula is C12H15BrO4S. The number of hydrogen-bond donors (Lipinski definition) is 0. The first-order valence-corrected chi connectivity index (χ1v) is 8.58. The maximum Gasteiger partial charge on any atom is 0.154 e. The molecule has 100 valence electrons. The summed E-state index contributed by atoms with van der Waals surface area (Å²) in [4.78, 5) is 0. The molecule has 1 aliphatic heterocycles. The lowest BCUT2D eigenvalue weighted by molar-refractivity contribution is 0.227. The summed E-state index contributed by atoms with van der Waals surface area (Å²) in [7, 11) is -1.30. The Labute approximate surface area is 115 Å². The van der Waals surface area contributed by atoms with Crippen LogP contribution in [0.1, 0.15) is 12.0 Å². The lowest BCUT2D eigenvalue weighted by Gasteiger charge is -2.15. The van der Waals surface area contributed by atoms with Crippen LogP contribution in [-0.4, -0.2) is 33.1 Å². The Kier molecular flexibility index (Phi) is 4.17. The van der Waals surface area contributed by atoms with E-state index in [4.69, 9.17) is 9.47 Å². The van der Waals surface area contributed by atoms with Crippen LogP contribution in [0.3, 0.4) is 0 Å². The first-order valence-electron chi connectivity index (χ1n) is 5.64. The fraction of sp³-hybridized carbons (Fsp3) is 0.500. The van der Waals surface area contributed by atoms with Crippen LogP contribution >= 0.6 is 15.9 Å². The van der Waals surface area contributed by atoms with Crippen molar-refractivity contribution in [1.29, 1.82) is 0 Å². The fourth-order valence-electron chi connectivity index (χ4n) is 1.94. The summed E-state index contributed by atoms with van der Waals surface area (Å²) in [5.74, 6) is 1.81. The summed E-state index contributed by atoms with van der Waals surface area (Å²) in [5.41, 5.74) is 0.957. The summed E-state index contributed by atoms with van der Waals surface area (Å²) in [5, 5.41) is 0.638. The van der Waals surface area contributed by atoms with Crippen molar-refractivity contribution < 1.29 is 17.9 Å². The van der Waals surface area contributed by atoms with Gasteiger partial charge >= 0.3 is 0 Å². The highest BCUT2D eigenvalue weighted by Gasteiger charge is 2.29. The van der Waals surface area contributed by atoms with E-state index in [1.807, 2.05) is 18.2 Å². The van der Waals surface area contributed by atoms with E-state index in [0.717, 1.165) is 17.1 Å². The van der Waals surface area contributed by atoms with Crippen molar-refractivity contribution in [3.63, 3.8) is 0 Å². The van der Waals surface area contributed by atoms with Crippen LogP contribution in [0.5, 0.6) is 11.5 Å². The zero-order valence-electron chi connectivity index (χ0n) is 10.1. The quantitative estimate of drug-likeness (QED) is 0.792. The monoisotopic (exact) mass is 334 g/mol. The van der Waals surface area contributed by atoms with E-state index in [-0.39, 0.29) is 17.6 Å². The van der Waals surface area contributed by atoms with E-state index < -0.39 is 9.84 Å². The maximum atomic E-state index is 11.4. The van der Waals surface area contributed by atoms with Crippen LogP contribution in [0.4, 0.5) is 0 Å². The van der Waals surface area contributed by atoms with Crippen LogP contribution in [0.15, 0.2) is 18.2 Å². The van der Waals surface area contributed by atoms with Crippen LogP contribution < -0.4 is 9.47 Å². The Morgan fingerprint density at radius 2 is 2.22 bits per heavy atom. The van der Waals surface area contributed by atoms with E-state index in [0.29, 0.717) is 11.8 Å². The van der Waals surface area contributed by atoms with Crippen molar-refractivity contribution >= 4 is 25.8 Å². The third kappa shape index (κ3) is 3.17. The molecule has 2 rings (SSSR count). The molecule has 1 aromatic carbocycles. The molecule has 1 fully saturated rings. The molecule has 1 unspecified atom stereocenters. The lowest BCUT2D eigenvalue weighted by Crippen LogP contribution is -2.18. The second kappa shape index (κ2) is 5.48. The van der Waals surface area contributed by atoms with Crippen molar-refractivity contribution in [3.8, 4) is 11.5 Å². The molecule has 1 aliphatic rings. The maximum absolute atomic E-state index is 11.4. The minimum absolute atomic E-state index is 0.112. The van der Waals surface area contributed by atoms with Gasteiger partial charge in [0, 0.05) is 10.9 Å². The number of methoxy groups -OCH3 is 1. The summed E-state index contributed by atoms with van der Waals surface area (Å²) < 4.78 is 33.7. The van der Waals surface area contributed by atoms with Crippen molar-refractivity contribution in [1.82, 2.24) is 0 Å². The number of alkyl halides is 1. The summed E-state index contributed by atoms with van der Waals surface area (Å²) in [6.07, 6.45) is 0.331. The summed E-state index contributed by atoms with van der Waals surface area (Å²) in [6.45, 7) is 0. The number of rotatable bonds is 4. The number of hydrogen-bond acceptors (Lipinski definition) is 4. The van der Waals surface area contributed by atoms with E-state index in [9.17, 15) is 8.42 Å². The van der Waals surface area contributed by atoms with Gasteiger partial charge in [0.05, 0.1) is 18.6 Å². The largest absolute Gasteiger partial charge is 0.497 e. The first-order chi connectivity index (χ1) is 8.54. The van der Waals surface area contributed by atoms with E-state index in [2.05, 4.69) is 15.9 Å². The van der Waals surface area contributed by atoms with Crippen LogP contribution in [0.25, 0.3) is 0 Å². The standard InChI is InChI=1S/C12H15BrO4S/c1-16-10-2-3-12(9(6-10)7-13)17-11-4-5-18(14,15)8-11/h2-3,6,11H,4-5,7-8H2,1H3. The zero-order valence-corrected chi connectivity index (χ0v) is 12.5. The minimum atomic E-state index is -2.91. The number of halogens is 1. The fourth-order valence-corrected chi connectivity index (χ4v) is 3.96. The van der Waals surface area contributed by atoms with Crippen molar-refractivity contribution in [2.24, 2.45) is 0 Å². The molecule has 6 heteroatoms. The molecule has 0 N–H and O–H groups in total. The Morgan fingerprint density at radius 3 is 2.78 bits per heavy atom. The minimum Gasteiger partial charge on any atom is -0.497 e. The molecule has 1 atom stereocenters. The van der Waals surface area contributed by atoms with Gasteiger partial charge in [0.1, 0.15) is 17.6 Å². The summed E-state index contributed by atoms with van der Waals surface area (Å²) >= 11 is 3.39. The molecule has 1 heterocycles. The van der Waals surface area contributed by atoms with Gasteiger partial charge in [-0.2, -0.15) is 0 Å². The number of ether oxygens (including phenoxy) is 2. The Hall–Kier alpha value is -0.750. The van der Waals surface area contributed by atoms with Gasteiger partial charge in [-0.1, -0.05) is 15.9 Å². The molecule has 0 saturated carbocycles. The molecule has 0 aliphatic carbocycles. The average molecular weight is 335 g/mol. The Morgan fingerprint density at radius 1 is 1.44 bits per heavy atom. The number of benzene rings is 1. The van der Waals surface area contributed by atoms with Gasteiger partial charge in [-0.15, -0.1) is 0 Å². The highest BCUT2D eigenvalue weighted by Crippen LogP contribution is 2.28. The van der Waals surface area contributed by atoms with Gasteiger partial charge in [-0.25, -0.2) is 8.42 Å². The molecule has 1 saturated heterocycles. The molecule has 0 bridgehead atoms. The van der Waals surface area contributed by atoms with Crippen LogP contribution in [0, 0.1) is 0 Å². The van der Waals surface area contributed by atoms with Crippen molar-refractivity contribution in [2.45, 2.75) is 17.9 Å². The van der Waals surface area contributed by atoms with Gasteiger partial charge < -0.3 is 9.47 Å². The highest BCUT2D eigenvalue weighted by molar-refractivity contribution is 9.08. The van der Waals surface area contributed by atoms with Gasteiger partial charge in [0.25, 0.3) is 0 Å². The normalized spacial score (nSPS) is 21.8. The number of sulfone groups is 1. The van der Waals surface area contributed by atoms with Crippen molar-refractivity contribution in [3.05, 3.63) is 23.8 Å². The SMILES string of the molecule is COc1ccc(OC2CCS(=O)(=O)C2)c(CBr)c1. The molecule has 1 aromatic rings. The molecule has 0 radical (unpaired) electrons. The van der Waals surface area contributed by atoms with E-state index in [1.54, 1.807) is 7.11 Å². The van der Waals surface area contributed by atoms with E-state index in [1.165, 1.54) is 0 Å². The van der Waals surface area contributed by atoms with Crippen molar-refractivity contribution in [2.75, 3.05) is 18.6 Å². The third-order valence-corrected chi connectivity index (χ3v) is 5.24. The lowest BCUT2D eigenvalue weighted by atomic mass is 10.2. The predicted molar refractivity (Wildman–Crippen MR) is 73.3 cm³/mol. The zero-order chi connectivity index (χ0) is 13.2. The second-order valence-electron chi connectivity index (χ2n) is 4.25. The second-order valence-corrected chi connectivity index (χ2v) is 7.04. The average Bonchev–Trinajstić information content (AvgIpc) is 2.69. The summed E-state index contributed by atoms with van der Waals surface area (Å²) in [6, 6.07) is 5.51. The Bertz CT molecular complexity index is 527. The predicted octanol–water partition coefficient (Wildman–Crippen LogP) is 2.16. The molecule has 0 amide bonds. The molecule has 18 heavy (non-hydrogen) atoms. The molecule has 0 aromatic heterocycles. The molecule has 0 spiro atoms. The van der Waals surface area contributed by atoms with E-state index >= 15 is 0 Å². The van der Waals surface area contributed by atoms with Gasteiger partial charge in [-0.05, 0) is 24.6 Å². The topological polar surface area (TPSA) is 52.6 Å². The third-order valence-electron chi connectivity index (χ3n) is 2.90. The highest BCUT2D eigenvalue weighted by atomic mass is 79.9. The smallest absolute Gasteiger partial charge is 0.154 e.